The number of anilines is 2. The number of fused-ring (bicyclic) bond motifs is 1. The zero-order chi connectivity index (χ0) is 41.5. The van der Waals surface area contributed by atoms with Gasteiger partial charge in [0.15, 0.2) is 0 Å². The zero-order valence-corrected chi connectivity index (χ0v) is 34.4. The Morgan fingerprint density at radius 2 is 1.43 bits per heavy atom. The monoisotopic (exact) mass is 825 g/mol. The van der Waals surface area contributed by atoms with E-state index in [2.05, 4.69) is 37.9 Å². The van der Waals surface area contributed by atoms with Gasteiger partial charge in [-0.2, -0.15) is 5.26 Å². The zero-order valence-electron chi connectivity index (χ0n) is 33.6. The Balaban J connectivity index is 0.717. The second kappa shape index (κ2) is 16.4. The number of likely N-dealkylation sites (tertiary alicyclic amines) is 2. The Labute approximate surface area is 355 Å². The Kier molecular flexibility index (Phi) is 10.9. The van der Waals surface area contributed by atoms with Crippen LogP contribution < -0.4 is 15.1 Å². The van der Waals surface area contributed by atoms with Gasteiger partial charge in [-0.1, -0.05) is 23.4 Å². The average Bonchev–Trinajstić information content (AvgIpc) is 3.80. The molecule has 60 heavy (non-hydrogen) atoms. The molecule has 308 valence electrons. The molecule has 5 saturated heterocycles. The Morgan fingerprint density at radius 1 is 0.750 bits per heavy atom. The lowest BCUT2D eigenvalue weighted by molar-refractivity contribution is -0.136. The molecule has 3 aromatic carbocycles. The van der Waals surface area contributed by atoms with Gasteiger partial charge in [0.2, 0.25) is 11.8 Å². The van der Waals surface area contributed by atoms with Crippen LogP contribution in [0.25, 0.3) is 0 Å². The maximum Gasteiger partial charge on any atom is 0.262 e. The Morgan fingerprint density at radius 3 is 2.13 bits per heavy atom. The molecule has 0 saturated carbocycles. The van der Waals surface area contributed by atoms with E-state index < -0.39 is 23.8 Å². The molecule has 0 aliphatic carbocycles. The van der Waals surface area contributed by atoms with Crippen LogP contribution in [0.3, 0.4) is 0 Å². The van der Waals surface area contributed by atoms with Gasteiger partial charge < -0.3 is 19.6 Å². The number of carbonyl (C=O) groups excluding carboxylic acids is 5. The summed E-state index contributed by atoms with van der Waals surface area (Å²) in [7, 11) is 0. The summed E-state index contributed by atoms with van der Waals surface area (Å²) in [6, 6.07) is 20.4. The number of halogens is 1. The maximum atomic E-state index is 13.5. The minimum Gasteiger partial charge on any atom is -0.371 e. The molecule has 0 bridgehead atoms. The fourth-order valence-corrected chi connectivity index (χ4v) is 10.4. The molecular formula is C47H48ClN7O5. The summed E-state index contributed by atoms with van der Waals surface area (Å²) in [5.74, 6) is 5.34. The molecule has 12 nitrogen and oxygen atoms in total. The number of benzene rings is 3. The molecule has 13 heteroatoms. The van der Waals surface area contributed by atoms with Crippen molar-refractivity contribution in [2.24, 2.45) is 11.3 Å². The van der Waals surface area contributed by atoms with Gasteiger partial charge in [0.1, 0.15) is 12.1 Å². The van der Waals surface area contributed by atoms with E-state index in [4.69, 9.17) is 11.6 Å². The van der Waals surface area contributed by atoms with Crippen LogP contribution in [0.5, 0.6) is 0 Å². The number of hydrogen-bond acceptors (Lipinski definition) is 9. The number of nitrogens with one attached hydrogen (secondary N) is 1. The predicted molar refractivity (Wildman–Crippen MR) is 227 cm³/mol. The van der Waals surface area contributed by atoms with E-state index in [0.717, 1.165) is 119 Å². The number of nitriles is 1. The molecule has 0 aromatic heterocycles. The third-order valence-corrected chi connectivity index (χ3v) is 14.2. The molecule has 1 atom stereocenters. The molecule has 9 rings (SSSR count). The third kappa shape index (κ3) is 7.75. The summed E-state index contributed by atoms with van der Waals surface area (Å²) in [6.07, 6.45) is 7.30. The van der Waals surface area contributed by atoms with Crippen LogP contribution in [0, 0.1) is 34.5 Å². The van der Waals surface area contributed by atoms with Gasteiger partial charge in [-0.3, -0.25) is 34.2 Å². The number of amides is 5. The lowest BCUT2D eigenvalue weighted by atomic mass is 9.77. The first-order chi connectivity index (χ1) is 29.1. The summed E-state index contributed by atoms with van der Waals surface area (Å²) in [5, 5.41) is 12.0. The van der Waals surface area contributed by atoms with Gasteiger partial charge in [-0.15, -0.1) is 0 Å². The number of imide groups is 2. The Hall–Kier alpha value is -5.69. The number of rotatable bonds is 5. The van der Waals surface area contributed by atoms with E-state index >= 15 is 0 Å². The highest BCUT2D eigenvalue weighted by Crippen LogP contribution is 2.43. The highest BCUT2D eigenvalue weighted by molar-refractivity contribution is 6.32. The predicted octanol–water partition coefficient (Wildman–Crippen LogP) is 5.48. The molecular weight excluding hydrogens is 778 g/mol. The Bertz CT molecular complexity index is 2340. The second-order valence-corrected chi connectivity index (χ2v) is 17.7. The quantitative estimate of drug-likeness (QED) is 0.262. The van der Waals surface area contributed by atoms with Crippen LogP contribution in [0.2, 0.25) is 5.02 Å². The highest BCUT2D eigenvalue weighted by Gasteiger charge is 2.45. The second-order valence-electron chi connectivity index (χ2n) is 17.3. The van der Waals surface area contributed by atoms with Crippen molar-refractivity contribution in [3.63, 3.8) is 0 Å². The van der Waals surface area contributed by atoms with Gasteiger partial charge in [-0.05, 0) is 131 Å². The third-order valence-electron chi connectivity index (χ3n) is 13.8. The largest absolute Gasteiger partial charge is 0.371 e. The summed E-state index contributed by atoms with van der Waals surface area (Å²) in [5.41, 5.74) is 4.87. The van der Waals surface area contributed by atoms with Gasteiger partial charge in [0, 0.05) is 80.2 Å². The molecule has 1 unspecified atom stereocenters. The molecule has 5 fully saturated rings. The lowest BCUT2D eigenvalue weighted by Crippen LogP contribution is -2.54. The van der Waals surface area contributed by atoms with Crippen molar-refractivity contribution in [1.82, 2.24) is 20.0 Å². The van der Waals surface area contributed by atoms with Gasteiger partial charge in [0.05, 0.1) is 21.7 Å². The molecule has 0 radical (unpaired) electrons. The fourth-order valence-electron chi connectivity index (χ4n) is 10.2. The van der Waals surface area contributed by atoms with Crippen LogP contribution in [0.1, 0.15) is 100.0 Å². The van der Waals surface area contributed by atoms with Crippen molar-refractivity contribution in [3.8, 4) is 17.9 Å². The van der Waals surface area contributed by atoms with Crippen LogP contribution in [0.15, 0.2) is 60.7 Å². The smallest absolute Gasteiger partial charge is 0.262 e. The molecule has 1 spiro atoms. The van der Waals surface area contributed by atoms with Crippen molar-refractivity contribution < 1.29 is 24.0 Å². The first-order valence-corrected chi connectivity index (χ1v) is 21.7. The maximum absolute atomic E-state index is 13.5. The van der Waals surface area contributed by atoms with E-state index in [1.165, 1.54) is 0 Å². The van der Waals surface area contributed by atoms with Crippen LogP contribution in [0.4, 0.5) is 11.4 Å². The van der Waals surface area contributed by atoms with Crippen molar-refractivity contribution in [3.05, 3.63) is 93.5 Å². The number of nitrogens with zero attached hydrogens (tertiary/aromatic N) is 6. The first-order valence-electron chi connectivity index (χ1n) is 21.3. The SMILES string of the molecule is N#Cc1ccc(N2CCC3(CCN(C(=O)c4ccc(C#CC5CCN(C6CCN(c7ccc8c(c7)C(=O)N(C7CCC(=O)NC7=O)C8=O)CC6)CC5)cc4)CC3)C2)cc1Cl. The average molecular weight is 826 g/mol. The van der Waals surface area contributed by atoms with Gasteiger partial charge in [0.25, 0.3) is 17.7 Å². The van der Waals surface area contributed by atoms with E-state index in [9.17, 15) is 29.2 Å². The summed E-state index contributed by atoms with van der Waals surface area (Å²) >= 11 is 6.32. The van der Waals surface area contributed by atoms with Crippen molar-refractivity contribution in [2.75, 3.05) is 62.2 Å². The summed E-state index contributed by atoms with van der Waals surface area (Å²) in [6.45, 7) is 7.07. The van der Waals surface area contributed by atoms with Crippen LogP contribution >= 0.6 is 11.6 Å². The molecule has 1 N–H and O–H groups in total. The topological polar surface area (TPSA) is 137 Å². The first kappa shape index (κ1) is 39.8. The van der Waals surface area contributed by atoms with E-state index in [1.807, 2.05) is 47.4 Å². The number of carbonyl (C=O) groups is 5. The van der Waals surface area contributed by atoms with Crippen molar-refractivity contribution in [2.45, 2.75) is 69.9 Å². The standard InChI is InChI=1S/C47H48ClN7O5/c48-40-28-37(8-7-34(40)29-49)54-26-19-47(30-54)17-24-53(25-18-47)44(58)33-5-3-31(4-6-33)1-2-32-13-20-51(21-14-32)35-15-22-52(23-16-35)36-9-10-38-39(27-36)46(60)55(45(38)59)41-11-12-42(56)50-43(41)57/h3-10,27-28,32,35,41H,11-26,30H2,(H,50,56,57). The fraction of sp³-hybridized carbons (Fsp3) is 0.447. The number of piperidine rings is 4. The van der Waals surface area contributed by atoms with Crippen LogP contribution in [-0.2, 0) is 9.59 Å². The van der Waals surface area contributed by atoms with E-state index in [0.29, 0.717) is 39.2 Å². The van der Waals surface area contributed by atoms with Crippen LogP contribution in [-0.4, -0.2) is 109 Å². The molecule has 6 aliphatic rings. The van der Waals surface area contributed by atoms with Crippen molar-refractivity contribution in [1.29, 1.82) is 5.26 Å². The summed E-state index contributed by atoms with van der Waals surface area (Å²) < 4.78 is 0. The lowest BCUT2D eigenvalue weighted by Gasteiger charge is -2.42. The normalized spacial score (nSPS) is 22.4. The minimum absolute atomic E-state index is 0.0773. The van der Waals surface area contributed by atoms with Gasteiger partial charge >= 0.3 is 0 Å². The number of hydrogen-bond donors (Lipinski definition) is 1. The minimum atomic E-state index is -0.969. The highest BCUT2D eigenvalue weighted by atomic mass is 35.5. The van der Waals surface area contributed by atoms with Crippen molar-refractivity contribution >= 4 is 52.5 Å². The van der Waals surface area contributed by atoms with E-state index in [1.54, 1.807) is 18.2 Å². The van der Waals surface area contributed by atoms with Gasteiger partial charge in [-0.25, -0.2) is 0 Å². The van der Waals surface area contributed by atoms with E-state index in [-0.39, 0.29) is 30.1 Å². The molecule has 6 aliphatic heterocycles. The summed E-state index contributed by atoms with van der Waals surface area (Å²) in [4.78, 5) is 74.3. The molecule has 5 amide bonds. The molecule has 6 heterocycles. The molecule has 3 aromatic rings.